The Morgan fingerprint density at radius 1 is 0.808 bits per heavy atom. The highest BCUT2D eigenvalue weighted by atomic mass is 79.9. The first-order valence-electron chi connectivity index (χ1n) is 18.1. The van der Waals surface area contributed by atoms with Gasteiger partial charge in [-0.2, -0.15) is 0 Å². The Morgan fingerprint density at radius 2 is 1.52 bits per heavy atom. The number of phenolic OH excluding ortho intramolecular Hbond substituents is 1. The molecule has 0 radical (unpaired) electrons. The molecule has 4 amide bonds. The molecular formula is C42H41BrN4O5. The number of anilines is 1. The minimum Gasteiger partial charge on any atom is -0.508 e. The number of aromatic hydroxyl groups is 1. The molecule has 0 bridgehead atoms. The molecule has 1 aliphatic carbocycles. The van der Waals surface area contributed by atoms with Crippen molar-refractivity contribution in [3.05, 3.63) is 128 Å². The molecule has 0 aromatic heterocycles. The van der Waals surface area contributed by atoms with Crippen LogP contribution in [0.1, 0.15) is 92.5 Å². The molecule has 3 heterocycles. The number of amides is 4. The lowest BCUT2D eigenvalue weighted by molar-refractivity contribution is -0.136. The van der Waals surface area contributed by atoms with E-state index in [0.717, 1.165) is 53.7 Å². The van der Waals surface area contributed by atoms with E-state index in [0.29, 0.717) is 29.8 Å². The van der Waals surface area contributed by atoms with Gasteiger partial charge in [0.05, 0.1) is 11.1 Å². The number of hydrogen-bond donors (Lipinski definition) is 2. The molecule has 266 valence electrons. The van der Waals surface area contributed by atoms with E-state index in [2.05, 4.69) is 98.8 Å². The predicted octanol–water partition coefficient (Wildman–Crippen LogP) is 6.52. The SMILES string of the molecule is CN(Cc1cc2c(cc1Br)C(=O)N(C1CCC(=O)NC1=O)C2=O)C1CCN(c2ccc([C@@H]3c4ccc(O)cc4CC[C@@H]3c3ccccc3)cc2)CC1. The van der Waals surface area contributed by atoms with Crippen molar-refractivity contribution in [1.82, 2.24) is 15.1 Å². The van der Waals surface area contributed by atoms with Crippen molar-refractivity contribution in [3.8, 4) is 5.75 Å². The van der Waals surface area contributed by atoms with E-state index in [1.807, 2.05) is 12.1 Å². The van der Waals surface area contributed by atoms with Gasteiger partial charge < -0.3 is 10.0 Å². The van der Waals surface area contributed by atoms with Crippen LogP contribution in [0.15, 0.2) is 89.4 Å². The molecular weight excluding hydrogens is 720 g/mol. The van der Waals surface area contributed by atoms with Gasteiger partial charge in [-0.1, -0.05) is 64.5 Å². The third-order valence-corrected chi connectivity index (χ3v) is 12.3. The van der Waals surface area contributed by atoms with Gasteiger partial charge in [0.1, 0.15) is 11.8 Å². The molecule has 0 saturated carbocycles. The summed E-state index contributed by atoms with van der Waals surface area (Å²) in [4.78, 5) is 56.6. The molecule has 2 N–H and O–H groups in total. The summed E-state index contributed by atoms with van der Waals surface area (Å²) >= 11 is 3.64. The minimum atomic E-state index is -0.984. The molecule has 2 saturated heterocycles. The Bertz CT molecular complexity index is 2060. The maximum Gasteiger partial charge on any atom is 0.262 e. The van der Waals surface area contributed by atoms with E-state index in [1.54, 1.807) is 12.1 Å². The number of rotatable bonds is 7. The summed E-state index contributed by atoms with van der Waals surface area (Å²) in [6.45, 7) is 2.44. The maximum absolute atomic E-state index is 13.4. The van der Waals surface area contributed by atoms with Gasteiger partial charge in [0, 0.05) is 48.2 Å². The smallest absolute Gasteiger partial charge is 0.262 e. The van der Waals surface area contributed by atoms with E-state index >= 15 is 0 Å². The van der Waals surface area contributed by atoms with Crippen molar-refractivity contribution in [2.24, 2.45) is 0 Å². The number of imide groups is 2. The van der Waals surface area contributed by atoms with Crippen molar-refractivity contribution >= 4 is 45.2 Å². The highest BCUT2D eigenvalue weighted by Crippen LogP contribution is 2.47. The van der Waals surface area contributed by atoms with E-state index in [-0.39, 0.29) is 24.3 Å². The second-order valence-corrected chi connectivity index (χ2v) is 15.4. The molecule has 0 spiro atoms. The number of phenols is 1. The van der Waals surface area contributed by atoms with E-state index < -0.39 is 29.7 Å². The number of nitrogens with zero attached hydrogens (tertiary/aromatic N) is 3. The molecule has 4 aromatic rings. The normalized spacial score (nSPS) is 22.1. The highest BCUT2D eigenvalue weighted by Gasteiger charge is 2.45. The molecule has 3 atom stereocenters. The van der Waals surface area contributed by atoms with Gasteiger partial charge in [-0.25, -0.2) is 0 Å². The average Bonchev–Trinajstić information content (AvgIpc) is 3.39. The first-order chi connectivity index (χ1) is 25.2. The summed E-state index contributed by atoms with van der Waals surface area (Å²) in [6.07, 6.45) is 4.17. The minimum absolute atomic E-state index is 0.0884. The molecule has 1 unspecified atom stereocenters. The Labute approximate surface area is 311 Å². The van der Waals surface area contributed by atoms with Crippen molar-refractivity contribution in [2.75, 3.05) is 25.0 Å². The van der Waals surface area contributed by atoms with Crippen LogP contribution in [0, 0.1) is 0 Å². The second-order valence-electron chi connectivity index (χ2n) is 14.6. The van der Waals surface area contributed by atoms with Crippen LogP contribution in [-0.2, 0) is 22.6 Å². The highest BCUT2D eigenvalue weighted by molar-refractivity contribution is 9.10. The van der Waals surface area contributed by atoms with Crippen LogP contribution < -0.4 is 10.2 Å². The van der Waals surface area contributed by atoms with Crippen LogP contribution in [0.25, 0.3) is 0 Å². The van der Waals surface area contributed by atoms with Crippen LogP contribution in [0.5, 0.6) is 5.75 Å². The Kier molecular flexibility index (Phi) is 9.21. The Balaban J connectivity index is 0.929. The fourth-order valence-electron chi connectivity index (χ4n) is 8.79. The van der Waals surface area contributed by atoms with Gasteiger partial charge in [0.15, 0.2) is 0 Å². The van der Waals surface area contributed by atoms with Gasteiger partial charge in [-0.15, -0.1) is 0 Å². The zero-order valence-electron chi connectivity index (χ0n) is 29.1. The topological polar surface area (TPSA) is 110 Å². The zero-order valence-corrected chi connectivity index (χ0v) is 30.6. The van der Waals surface area contributed by atoms with Gasteiger partial charge in [-0.3, -0.25) is 34.3 Å². The quantitative estimate of drug-likeness (QED) is 0.207. The van der Waals surface area contributed by atoms with Gasteiger partial charge in [-0.05, 0) is 109 Å². The number of hydrogen-bond acceptors (Lipinski definition) is 7. The molecule has 3 aliphatic heterocycles. The summed E-state index contributed by atoms with van der Waals surface area (Å²) in [5.41, 5.74) is 7.86. The van der Waals surface area contributed by atoms with E-state index in [1.165, 1.54) is 27.9 Å². The first-order valence-corrected chi connectivity index (χ1v) is 18.9. The van der Waals surface area contributed by atoms with Gasteiger partial charge in [0.25, 0.3) is 11.8 Å². The lowest BCUT2D eigenvalue weighted by Gasteiger charge is -2.38. The largest absolute Gasteiger partial charge is 0.508 e. The summed E-state index contributed by atoms with van der Waals surface area (Å²) in [7, 11) is 2.10. The number of nitrogens with one attached hydrogen (secondary N) is 1. The third-order valence-electron chi connectivity index (χ3n) is 11.5. The number of carbonyl (C=O) groups is 4. The van der Waals surface area contributed by atoms with Crippen molar-refractivity contribution in [2.45, 2.75) is 69.0 Å². The number of benzene rings is 4. The molecule has 8 rings (SSSR count). The van der Waals surface area contributed by atoms with Gasteiger partial charge in [0.2, 0.25) is 11.8 Å². The zero-order chi connectivity index (χ0) is 36.1. The van der Waals surface area contributed by atoms with Crippen LogP contribution in [-0.4, -0.2) is 70.8 Å². The number of piperidine rings is 2. The standard InChI is InChI=1S/C42H41BrN4O5/c1-45(24-28-22-34-35(23-36(28)43)42(52)47(41(34)51)37-15-16-38(49)44-40(37)50)29-17-19-46(20-18-29)30-10-7-26(8-11-30)39-32(25-5-3-2-4-6-25)13-9-27-21-31(48)12-14-33(27)39/h2-8,10-12,14,21-23,29,32,37,39,48H,9,13,15-20,24H2,1H3,(H,44,49,50)/t32-,37?,39+/m1/s1. The molecule has 52 heavy (non-hydrogen) atoms. The molecule has 4 aliphatic rings. The van der Waals surface area contributed by atoms with Crippen LogP contribution in [0.4, 0.5) is 5.69 Å². The monoisotopic (exact) mass is 760 g/mol. The Morgan fingerprint density at radius 3 is 2.23 bits per heavy atom. The molecule has 4 aromatic carbocycles. The van der Waals surface area contributed by atoms with Crippen LogP contribution in [0.2, 0.25) is 0 Å². The summed E-state index contributed by atoms with van der Waals surface area (Å²) in [5.74, 6) is -1.10. The van der Waals surface area contributed by atoms with Crippen molar-refractivity contribution in [3.63, 3.8) is 0 Å². The average molecular weight is 762 g/mol. The van der Waals surface area contributed by atoms with Crippen LogP contribution in [0.3, 0.4) is 0 Å². The maximum atomic E-state index is 13.4. The van der Waals surface area contributed by atoms with E-state index in [9.17, 15) is 24.3 Å². The molecule has 9 nitrogen and oxygen atoms in total. The van der Waals surface area contributed by atoms with Crippen molar-refractivity contribution in [1.29, 1.82) is 0 Å². The summed E-state index contributed by atoms with van der Waals surface area (Å²) in [6, 6.07) is 28.5. The Hall–Kier alpha value is -4.80. The first kappa shape index (κ1) is 34.3. The third kappa shape index (κ3) is 6.32. The summed E-state index contributed by atoms with van der Waals surface area (Å²) in [5, 5.41) is 12.5. The number of carbonyl (C=O) groups excluding carboxylic acids is 4. The second kappa shape index (κ2) is 14.0. The lowest BCUT2D eigenvalue weighted by Crippen LogP contribution is -2.54. The fourth-order valence-corrected chi connectivity index (χ4v) is 9.26. The molecule has 10 heteroatoms. The fraction of sp³-hybridized carbons (Fsp3) is 0.333. The molecule has 2 fully saturated rings. The summed E-state index contributed by atoms with van der Waals surface area (Å²) < 4.78 is 0.744. The number of aryl methyl sites for hydroxylation is 1. The van der Waals surface area contributed by atoms with Crippen LogP contribution >= 0.6 is 15.9 Å². The van der Waals surface area contributed by atoms with Gasteiger partial charge >= 0.3 is 0 Å². The predicted molar refractivity (Wildman–Crippen MR) is 201 cm³/mol. The number of halogens is 1. The van der Waals surface area contributed by atoms with Crippen molar-refractivity contribution < 1.29 is 24.3 Å². The van der Waals surface area contributed by atoms with E-state index in [4.69, 9.17) is 0 Å². The lowest BCUT2D eigenvalue weighted by atomic mass is 9.69. The number of fused-ring (bicyclic) bond motifs is 2.